The summed E-state index contributed by atoms with van der Waals surface area (Å²) in [6.45, 7) is 3.77. The van der Waals surface area contributed by atoms with Crippen LogP contribution in [-0.2, 0) is 17.4 Å². The van der Waals surface area contributed by atoms with Crippen LogP contribution in [0.1, 0.15) is 25.0 Å². The van der Waals surface area contributed by atoms with E-state index in [4.69, 9.17) is 5.73 Å². The van der Waals surface area contributed by atoms with Crippen molar-refractivity contribution in [1.29, 1.82) is 0 Å². The third kappa shape index (κ3) is 4.85. The lowest BCUT2D eigenvalue weighted by Gasteiger charge is -2.16. The number of carbonyl (C=O) groups is 1. The van der Waals surface area contributed by atoms with E-state index in [1.54, 1.807) is 19.9 Å². The first-order chi connectivity index (χ1) is 9.24. The monoisotopic (exact) mass is 288 g/mol. The molecule has 0 spiro atoms. The Kier molecular flexibility index (Phi) is 5.56. The molecule has 0 aliphatic rings. The van der Waals surface area contributed by atoms with E-state index in [1.807, 2.05) is 0 Å². The van der Waals surface area contributed by atoms with Gasteiger partial charge in [-0.2, -0.15) is 13.2 Å². The van der Waals surface area contributed by atoms with E-state index in [-0.39, 0.29) is 18.4 Å². The van der Waals surface area contributed by atoms with Crippen LogP contribution < -0.4 is 11.1 Å². The zero-order chi connectivity index (χ0) is 15.3. The molecule has 20 heavy (non-hydrogen) atoms. The summed E-state index contributed by atoms with van der Waals surface area (Å²) in [5, 5.41) is 2.71. The molecule has 2 atom stereocenters. The molecule has 0 radical (unpaired) electrons. The summed E-state index contributed by atoms with van der Waals surface area (Å²) in [4.78, 5) is 11.8. The molecule has 3 N–H and O–H groups in total. The number of benzene rings is 1. The normalized spacial score (nSPS) is 14.7. The van der Waals surface area contributed by atoms with Gasteiger partial charge < -0.3 is 11.1 Å². The Morgan fingerprint density at radius 2 is 2.00 bits per heavy atom. The number of nitrogens with two attached hydrogens (primary N) is 1. The molecule has 6 heteroatoms. The fourth-order valence-corrected chi connectivity index (χ4v) is 1.76. The molecule has 0 aliphatic heterocycles. The Morgan fingerprint density at radius 3 is 2.55 bits per heavy atom. The number of halogens is 3. The number of amides is 1. The highest BCUT2D eigenvalue weighted by atomic mass is 19.4. The second-order valence-corrected chi connectivity index (χ2v) is 4.95. The van der Waals surface area contributed by atoms with Crippen LogP contribution >= 0.6 is 0 Å². The van der Waals surface area contributed by atoms with Gasteiger partial charge in [-0.3, -0.25) is 4.79 Å². The van der Waals surface area contributed by atoms with Crippen molar-refractivity contribution >= 4 is 5.91 Å². The van der Waals surface area contributed by atoms with E-state index in [0.717, 1.165) is 12.1 Å². The van der Waals surface area contributed by atoms with Gasteiger partial charge in [-0.15, -0.1) is 0 Å². The summed E-state index contributed by atoms with van der Waals surface area (Å²) >= 11 is 0. The van der Waals surface area contributed by atoms with Crippen LogP contribution in [-0.4, -0.2) is 18.5 Å². The third-order valence-corrected chi connectivity index (χ3v) is 2.99. The Morgan fingerprint density at radius 1 is 1.35 bits per heavy atom. The van der Waals surface area contributed by atoms with Crippen LogP contribution in [0.15, 0.2) is 24.3 Å². The SMILES string of the molecule is CC(Cc1cccc(C(F)(F)F)c1)C(=O)N[C@@H](C)CN. The largest absolute Gasteiger partial charge is 0.416 e. The quantitative estimate of drug-likeness (QED) is 0.874. The van der Waals surface area contributed by atoms with E-state index in [0.29, 0.717) is 12.1 Å². The maximum atomic E-state index is 12.6. The minimum atomic E-state index is -4.37. The first-order valence-corrected chi connectivity index (χ1v) is 6.40. The van der Waals surface area contributed by atoms with Gasteiger partial charge in [0.05, 0.1) is 5.56 Å². The lowest BCUT2D eigenvalue weighted by Crippen LogP contribution is -2.41. The summed E-state index contributed by atoms with van der Waals surface area (Å²) < 4.78 is 37.8. The van der Waals surface area contributed by atoms with Crippen LogP contribution in [0.4, 0.5) is 13.2 Å². The highest BCUT2D eigenvalue weighted by Crippen LogP contribution is 2.29. The number of hydrogen-bond acceptors (Lipinski definition) is 2. The number of rotatable bonds is 5. The van der Waals surface area contributed by atoms with Gasteiger partial charge in [-0.1, -0.05) is 25.1 Å². The fourth-order valence-electron chi connectivity index (χ4n) is 1.76. The van der Waals surface area contributed by atoms with Gasteiger partial charge in [-0.05, 0) is 25.0 Å². The molecule has 1 aromatic rings. The summed E-state index contributed by atoms with van der Waals surface area (Å²) in [7, 11) is 0. The van der Waals surface area contributed by atoms with Crippen LogP contribution in [0, 0.1) is 5.92 Å². The molecular weight excluding hydrogens is 269 g/mol. The standard InChI is InChI=1S/C14H19F3N2O/c1-9(13(20)19-10(2)8-18)6-11-4-3-5-12(7-11)14(15,16)17/h3-5,7,9-10H,6,8,18H2,1-2H3,(H,19,20)/t9?,10-/m0/s1. The maximum Gasteiger partial charge on any atom is 0.416 e. The van der Waals surface area contributed by atoms with Gasteiger partial charge >= 0.3 is 6.18 Å². The van der Waals surface area contributed by atoms with Gasteiger partial charge in [0.1, 0.15) is 0 Å². The molecule has 0 saturated carbocycles. The second kappa shape index (κ2) is 6.74. The number of carbonyl (C=O) groups excluding carboxylic acids is 1. The Bertz CT molecular complexity index is 460. The molecule has 0 aliphatic carbocycles. The van der Waals surface area contributed by atoms with Gasteiger partial charge in [0.15, 0.2) is 0 Å². The maximum absolute atomic E-state index is 12.6. The van der Waals surface area contributed by atoms with Crippen molar-refractivity contribution in [2.24, 2.45) is 11.7 Å². The van der Waals surface area contributed by atoms with Crippen molar-refractivity contribution in [3.8, 4) is 0 Å². The lowest BCUT2D eigenvalue weighted by molar-refractivity contribution is -0.137. The second-order valence-electron chi connectivity index (χ2n) is 4.95. The smallest absolute Gasteiger partial charge is 0.352 e. The summed E-state index contributed by atoms with van der Waals surface area (Å²) in [6.07, 6.45) is -4.11. The molecule has 1 rings (SSSR count). The molecule has 1 aromatic carbocycles. The van der Waals surface area contributed by atoms with E-state index in [2.05, 4.69) is 5.32 Å². The highest BCUT2D eigenvalue weighted by Gasteiger charge is 2.30. The van der Waals surface area contributed by atoms with Crippen molar-refractivity contribution in [3.05, 3.63) is 35.4 Å². The zero-order valence-electron chi connectivity index (χ0n) is 11.5. The van der Waals surface area contributed by atoms with Crippen molar-refractivity contribution < 1.29 is 18.0 Å². The number of alkyl halides is 3. The van der Waals surface area contributed by atoms with Gasteiger partial charge in [0.25, 0.3) is 0 Å². The van der Waals surface area contributed by atoms with Crippen LogP contribution in [0.5, 0.6) is 0 Å². The van der Waals surface area contributed by atoms with Gasteiger partial charge in [0.2, 0.25) is 5.91 Å². The predicted molar refractivity (Wildman–Crippen MR) is 71.0 cm³/mol. The van der Waals surface area contributed by atoms with Crippen LogP contribution in [0.25, 0.3) is 0 Å². The average molecular weight is 288 g/mol. The minimum Gasteiger partial charge on any atom is -0.352 e. The average Bonchev–Trinajstić information content (AvgIpc) is 2.37. The Balaban J connectivity index is 2.71. The minimum absolute atomic E-state index is 0.147. The van der Waals surface area contributed by atoms with E-state index < -0.39 is 17.7 Å². The fraction of sp³-hybridized carbons (Fsp3) is 0.500. The van der Waals surface area contributed by atoms with Crippen LogP contribution in [0.3, 0.4) is 0 Å². The third-order valence-electron chi connectivity index (χ3n) is 2.99. The molecule has 0 aromatic heterocycles. The first kappa shape index (κ1) is 16.5. The summed E-state index contributed by atoms with van der Waals surface area (Å²) in [5.74, 6) is -0.618. The van der Waals surface area contributed by atoms with Crippen molar-refractivity contribution in [3.63, 3.8) is 0 Å². The molecule has 1 amide bonds. The number of hydrogen-bond donors (Lipinski definition) is 2. The van der Waals surface area contributed by atoms with Gasteiger partial charge in [0, 0.05) is 18.5 Å². The Labute approximate surface area is 116 Å². The molecule has 112 valence electrons. The topological polar surface area (TPSA) is 55.1 Å². The van der Waals surface area contributed by atoms with E-state index in [9.17, 15) is 18.0 Å². The molecule has 3 nitrogen and oxygen atoms in total. The van der Waals surface area contributed by atoms with E-state index in [1.165, 1.54) is 6.07 Å². The predicted octanol–water partition coefficient (Wildman–Crippen LogP) is 2.35. The van der Waals surface area contributed by atoms with Crippen molar-refractivity contribution in [1.82, 2.24) is 5.32 Å². The Hall–Kier alpha value is -1.56. The summed E-state index contributed by atoms with van der Waals surface area (Å²) in [6, 6.07) is 4.89. The van der Waals surface area contributed by atoms with Crippen molar-refractivity contribution in [2.75, 3.05) is 6.54 Å². The molecule has 1 unspecified atom stereocenters. The molecule has 0 heterocycles. The first-order valence-electron chi connectivity index (χ1n) is 6.40. The molecular formula is C14H19F3N2O. The van der Waals surface area contributed by atoms with Gasteiger partial charge in [-0.25, -0.2) is 0 Å². The van der Waals surface area contributed by atoms with Crippen LogP contribution in [0.2, 0.25) is 0 Å². The molecule has 0 bridgehead atoms. The highest BCUT2D eigenvalue weighted by molar-refractivity contribution is 5.78. The molecule has 0 fully saturated rings. The zero-order valence-corrected chi connectivity index (χ0v) is 11.5. The number of nitrogens with one attached hydrogen (secondary N) is 1. The van der Waals surface area contributed by atoms with Crippen molar-refractivity contribution in [2.45, 2.75) is 32.5 Å². The molecule has 0 saturated heterocycles. The van der Waals surface area contributed by atoms with E-state index >= 15 is 0 Å². The lowest BCUT2D eigenvalue weighted by atomic mass is 9.98. The summed E-state index contributed by atoms with van der Waals surface area (Å²) in [5.41, 5.74) is 5.19.